The summed E-state index contributed by atoms with van der Waals surface area (Å²) >= 11 is 0. The van der Waals surface area contributed by atoms with Crippen molar-refractivity contribution in [2.45, 2.75) is 51.5 Å². The quantitative estimate of drug-likeness (QED) is 0.779. The molecular weight excluding hydrogens is 360 g/mol. The predicted molar refractivity (Wildman–Crippen MR) is 119 cm³/mol. The van der Waals surface area contributed by atoms with Crippen LogP contribution in [0.3, 0.4) is 0 Å². The normalized spacial score (nSPS) is 18.4. The molecule has 5 nitrogen and oxygen atoms in total. The van der Waals surface area contributed by atoms with Crippen LogP contribution in [-0.4, -0.2) is 48.0 Å². The molecule has 2 fully saturated rings. The van der Waals surface area contributed by atoms with E-state index in [0.29, 0.717) is 6.04 Å². The number of pyridine rings is 1. The molecule has 0 unspecified atom stereocenters. The first kappa shape index (κ1) is 19.7. The van der Waals surface area contributed by atoms with Crippen LogP contribution in [0.1, 0.15) is 54.4 Å². The van der Waals surface area contributed by atoms with Crippen molar-refractivity contribution >= 4 is 17.4 Å². The van der Waals surface area contributed by atoms with E-state index >= 15 is 0 Å². The van der Waals surface area contributed by atoms with E-state index in [0.717, 1.165) is 37.6 Å². The maximum Gasteiger partial charge on any atom is 0.254 e. The third-order valence-electron chi connectivity index (χ3n) is 6.15. The van der Waals surface area contributed by atoms with E-state index in [9.17, 15) is 4.79 Å². The number of aryl methyl sites for hydroxylation is 1. The Balaban J connectivity index is 1.36. The standard InChI is InChI=1S/C24H32N4O/c1-19-7-6-10-22(17-19)27-13-15-28(16-14-27)24(29)20-11-12-25-23(18-20)26-21-8-4-2-3-5-9-21/h6-7,10-12,17-18,21H,2-5,8-9,13-16H2,1H3,(H,25,26). The maximum atomic E-state index is 13.0. The summed E-state index contributed by atoms with van der Waals surface area (Å²) in [6.45, 7) is 5.36. The molecule has 1 saturated heterocycles. The Morgan fingerprint density at radius 2 is 1.76 bits per heavy atom. The van der Waals surface area contributed by atoms with Crippen molar-refractivity contribution in [1.82, 2.24) is 9.88 Å². The fourth-order valence-corrected chi connectivity index (χ4v) is 4.45. The highest BCUT2D eigenvalue weighted by Gasteiger charge is 2.23. The van der Waals surface area contributed by atoms with Gasteiger partial charge in [-0.2, -0.15) is 0 Å². The summed E-state index contributed by atoms with van der Waals surface area (Å²) < 4.78 is 0. The average Bonchev–Trinajstić information content (AvgIpc) is 3.02. The predicted octanol–water partition coefficient (Wildman–Crippen LogP) is 4.49. The van der Waals surface area contributed by atoms with Gasteiger partial charge in [0.2, 0.25) is 0 Å². The number of aromatic nitrogens is 1. The maximum absolute atomic E-state index is 13.0. The van der Waals surface area contributed by atoms with Gasteiger partial charge in [-0.05, 0) is 49.6 Å². The molecule has 1 aromatic heterocycles. The molecule has 5 heteroatoms. The minimum atomic E-state index is 0.111. The van der Waals surface area contributed by atoms with E-state index in [1.807, 2.05) is 17.0 Å². The summed E-state index contributed by atoms with van der Waals surface area (Å²) in [4.78, 5) is 21.8. The molecule has 0 spiro atoms. The first-order valence-electron chi connectivity index (χ1n) is 11.0. The summed E-state index contributed by atoms with van der Waals surface area (Å²) in [5.74, 6) is 0.946. The zero-order valence-electron chi connectivity index (χ0n) is 17.4. The van der Waals surface area contributed by atoms with Crippen LogP contribution in [-0.2, 0) is 0 Å². The molecule has 1 aliphatic carbocycles. The van der Waals surface area contributed by atoms with E-state index in [1.54, 1.807) is 6.20 Å². The summed E-state index contributed by atoms with van der Waals surface area (Å²) in [6, 6.07) is 12.8. The highest BCUT2D eigenvalue weighted by Crippen LogP contribution is 2.22. The molecule has 2 aromatic rings. The van der Waals surface area contributed by atoms with Crippen LogP contribution in [0.4, 0.5) is 11.5 Å². The second kappa shape index (κ2) is 9.29. The number of rotatable bonds is 4. The molecule has 29 heavy (non-hydrogen) atoms. The number of anilines is 2. The number of nitrogens with zero attached hydrogens (tertiary/aromatic N) is 3. The van der Waals surface area contributed by atoms with E-state index in [1.165, 1.54) is 49.8 Å². The van der Waals surface area contributed by atoms with Crippen LogP contribution in [0.5, 0.6) is 0 Å². The van der Waals surface area contributed by atoms with Gasteiger partial charge >= 0.3 is 0 Å². The number of nitrogens with one attached hydrogen (secondary N) is 1. The summed E-state index contributed by atoms with van der Waals surface area (Å²) in [7, 11) is 0. The van der Waals surface area contributed by atoms with Gasteiger partial charge in [-0.1, -0.05) is 37.8 Å². The van der Waals surface area contributed by atoms with Crippen LogP contribution in [0.2, 0.25) is 0 Å². The molecule has 0 atom stereocenters. The number of hydrogen-bond acceptors (Lipinski definition) is 4. The van der Waals surface area contributed by atoms with E-state index in [2.05, 4.69) is 46.4 Å². The van der Waals surface area contributed by atoms with Crippen LogP contribution >= 0.6 is 0 Å². The number of benzene rings is 1. The monoisotopic (exact) mass is 392 g/mol. The minimum Gasteiger partial charge on any atom is -0.368 e. The number of carbonyl (C=O) groups is 1. The Kier molecular flexibility index (Phi) is 6.33. The first-order valence-corrected chi connectivity index (χ1v) is 11.0. The van der Waals surface area contributed by atoms with Gasteiger partial charge < -0.3 is 15.1 Å². The lowest BCUT2D eigenvalue weighted by Crippen LogP contribution is -2.48. The van der Waals surface area contributed by atoms with E-state index < -0.39 is 0 Å². The highest BCUT2D eigenvalue weighted by molar-refractivity contribution is 5.95. The zero-order valence-corrected chi connectivity index (χ0v) is 17.4. The molecule has 0 bridgehead atoms. The van der Waals surface area contributed by atoms with Crippen molar-refractivity contribution in [3.05, 3.63) is 53.7 Å². The molecule has 1 aliphatic heterocycles. The molecule has 1 aromatic carbocycles. The van der Waals surface area contributed by atoms with E-state index in [4.69, 9.17) is 0 Å². The summed E-state index contributed by atoms with van der Waals surface area (Å²) in [5.41, 5.74) is 3.25. The van der Waals surface area contributed by atoms with Crippen molar-refractivity contribution in [1.29, 1.82) is 0 Å². The molecule has 4 rings (SSSR count). The van der Waals surface area contributed by atoms with Crippen LogP contribution in [0.25, 0.3) is 0 Å². The van der Waals surface area contributed by atoms with Crippen molar-refractivity contribution < 1.29 is 4.79 Å². The molecule has 2 heterocycles. The van der Waals surface area contributed by atoms with Gasteiger partial charge in [0.15, 0.2) is 0 Å². The SMILES string of the molecule is Cc1cccc(N2CCN(C(=O)c3ccnc(NC4CCCCCC4)c3)CC2)c1. The topological polar surface area (TPSA) is 48.5 Å². The third-order valence-corrected chi connectivity index (χ3v) is 6.15. The molecule has 0 radical (unpaired) electrons. The summed E-state index contributed by atoms with van der Waals surface area (Å²) in [6.07, 6.45) is 9.37. The van der Waals surface area contributed by atoms with Gasteiger partial charge in [-0.3, -0.25) is 4.79 Å². The van der Waals surface area contributed by atoms with Gasteiger partial charge in [0.25, 0.3) is 5.91 Å². The Morgan fingerprint density at radius 1 is 1.00 bits per heavy atom. The second-order valence-corrected chi connectivity index (χ2v) is 8.38. The van der Waals surface area contributed by atoms with E-state index in [-0.39, 0.29) is 5.91 Å². The highest BCUT2D eigenvalue weighted by atomic mass is 16.2. The van der Waals surface area contributed by atoms with Crippen molar-refractivity contribution in [2.75, 3.05) is 36.4 Å². The van der Waals surface area contributed by atoms with Crippen LogP contribution in [0.15, 0.2) is 42.6 Å². The van der Waals surface area contributed by atoms with Gasteiger partial charge in [0.1, 0.15) is 5.82 Å². The first-order chi connectivity index (χ1) is 14.2. The second-order valence-electron chi connectivity index (χ2n) is 8.38. The smallest absolute Gasteiger partial charge is 0.254 e. The largest absolute Gasteiger partial charge is 0.368 e. The van der Waals surface area contributed by atoms with Gasteiger partial charge in [0, 0.05) is 49.7 Å². The minimum absolute atomic E-state index is 0.111. The third kappa shape index (κ3) is 5.08. The fourth-order valence-electron chi connectivity index (χ4n) is 4.45. The lowest BCUT2D eigenvalue weighted by Gasteiger charge is -2.36. The number of piperazine rings is 1. The molecule has 2 aliphatic rings. The Morgan fingerprint density at radius 3 is 2.48 bits per heavy atom. The lowest BCUT2D eigenvalue weighted by atomic mass is 10.1. The Labute approximate surface area is 174 Å². The van der Waals surface area contributed by atoms with Crippen LogP contribution in [0, 0.1) is 6.92 Å². The van der Waals surface area contributed by atoms with Gasteiger partial charge in [-0.25, -0.2) is 4.98 Å². The molecular formula is C24H32N4O. The molecule has 1 N–H and O–H groups in total. The van der Waals surface area contributed by atoms with Crippen molar-refractivity contribution in [3.8, 4) is 0 Å². The Hall–Kier alpha value is -2.56. The average molecular weight is 393 g/mol. The Bertz CT molecular complexity index is 821. The van der Waals surface area contributed by atoms with Crippen molar-refractivity contribution in [2.24, 2.45) is 0 Å². The van der Waals surface area contributed by atoms with Crippen LogP contribution < -0.4 is 10.2 Å². The number of amides is 1. The fraction of sp³-hybridized carbons (Fsp3) is 0.500. The lowest BCUT2D eigenvalue weighted by molar-refractivity contribution is 0.0746. The number of carbonyl (C=O) groups excluding carboxylic acids is 1. The molecule has 1 amide bonds. The molecule has 154 valence electrons. The zero-order chi connectivity index (χ0) is 20.1. The van der Waals surface area contributed by atoms with Gasteiger partial charge in [-0.15, -0.1) is 0 Å². The molecule has 1 saturated carbocycles. The summed E-state index contributed by atoms with van der Waals surface area (Å²) in [5, 5.41) is 3.56. The van der Waals surface area contributed by atoms with Crippen molar-refractivity contribution in [3.63, 3.8) is 0 Å². The number of hydrogen-bond donors (Lipinski definition) is 1. The van der Waals surface area contributed by atoms with Gasteiger partial charge in [0.05, 0.1) is 0 Å².